The van der Waals surface area contributed by atoms with Crippen molar-refractivity contribution in [2.75, 3.05) is 0 Å². The van der Waals surface area contributed by atoms with Gasteiger partial charge < -0.3 is 28.1 Å². The highest BCUT2D eigenvalue weighted by atomic mass is 28.5. The van der Waals surface area contributed by atoms with Crippen molar-refractivity contribution in [2.24, 2.45) is 5.92 Å². The fraction of sp³-hybridized carbons (Fsp3) is 1.00. The van der Waals surface area contributed by atoms with Crippen molar-refractivity contribution in [1.29, 1.82) is 0 Å². The Labute approximate surface area is 134 Å². The summed E-state index contributed by atoms with van der Waals surface area (Å²) in [4.78, 5) is 49.8. The van der Waals surface area contributed by atoms with E-state index >= 15 is 0 Å². The average Bonchev–Trinajstić information content (AvgIpc) is 2.32. The molecule has 0 saturated heterocycles. The zero-order valence-corrected chi connectivity index (χ0v) is 15.6. The van der Waals surface area contributed by atoms with Crippen LogP contribution in [0.25, 0.3) is 0 Å². The monoisotopic (exact) mass is 358 g/mol. The van der Waals surface area contributed by atoms with Gasteiger partial charge in [0.25, 0.3) is 0 Å². The van der Waals surface area contributed by atoms with Gasteiger partial charge >= 0.3 is 18.1 Å². The smallest absolute Gasteiger partial charge is 0.368 e. The molecule has 5 N–H and O–H groups in total. The molecule has 0 spiro atoms. The van der Waals surface area contributed by atoms with E-state index in [1.54, 1.807) is 0 Å². The highest BCUT2D eigenvalue weighted by molar-refractivity contribution is 6.64. The van der Waals surface area contributed by atoms with Crippen molar-refractivity contribution in [1.82, 2.24) is 0 Å². The lowest BCUT2D eigenvalue weighted by Crippen LogP contribution is -2.55. The largest absolute Gasteiger partial charge is 0.696 e. The van der Waals surface area contributed by atoms with Crippen LogP contribution in [0.4, 0.5) is 0 Å². The van der Waals surface area contributed by atoms with Gasteiger partial charge in [-0.15, -0.1) is 0 Å². The van der Waals surface area contributed by atoms with Crippen molar-refractivity contribution in [3.8, 4) is 0 Å². The molecular formula is C12H30O8Si2. The van der Waals surface area contributed by atoms with Gasteiger partial charge in [-0.2, -0.15) is 4.58 Å². The van der Waals surface area contributed by atoms with E-state index < -0.39 is 18.1 Å². The fourth-order valence-electron chi connectivity index (χ4n) is 2.03. The molecule has 0 bridgehead atoms. The Hall–Kier alpha value is 0.114. The Bertz CT molecular complexity index is 283. The summed E-state index contributed by atoms with van der Waals surface area (Å²) < 4.78 is 8.38. The molecule has 0 aliphatic carbocycles. The van der Waals surface area contributed by atoms with Gasteiger partial charge in [0.15, 0.2) is 0 Å². The normalized spacial score (nSPS) is 14.6. The molecule has 0 radical (unpaired) electrons. The first-order chi connectivity index (χ1) is 10.1. The SMILES string of the molecule is CCCCCCCC(CC(C)C)OO[Si](O)(O)O[Si](O)(O)O. The van der Waals surface area contributed by atoms with E-state index in [9.17, 15) is 9.59 Å². The number of hydrogen-bond donors (Lipinski definition) is 5. The second kappa shape index (κ2) is 10.8. The van der Waals surface area contributed by atoms with Gasteiger partial charge in [0, 0.05) is 0 Å². The first-order valence-electron chi connectivity index (χ1n) is 7.72. The lowest BCUT2D eigenvalue weighted by atomic mass is 10.0. The summed E-state index contributed by atoms with van der Waals surface area (Å²) in [6.07, 6.45) is 6.44. The summed E-state index contributed by atoms with van der Waals surface area (Å²) in [5.74, 6) is 0.320. The summed E-state index contributed by atoms with van der Waals surface area (Å²) in [7, 11) is -10.0. The zero-order chi connectivity index (χ0) is 17.2. The van der Waals surface area contributed by atoms with Crippen molar-refractivity contribution in [3.05, 3.63) is 0 Å². The Morgan fingerprint density at radius 2 is 1.50 bits per heavy atom. The Morgan fingerprint density at radius 3 is 2.00 bits per heavy atom. The molecule has 0 fully saturated rings. The summed E-state index contributed by atoms with van der Waals surface area (Å²) >= 11 is 0. The molecule has 1 atom stereocenters. The van der Waals surface area contributed by atoms with Crippen LogP contribution < -0.4 is 0 Å². The predicted octanol–water partition coefficient (Wildman–Crippen LogP) is 0.559. The topological polar surface area (TPSA) is 129 Å². The minimum atomic E-state index is -5.08. The van der Waals surface area contributed by atoms with Gasteiger partial charge in [-0.05, 0) is 18.8 Å². The molecule has 22 heavy (non-hydrogen) atoms. The van der Waals surface area contributed by atoms with Crippen molar-refractivity contribution in [3.63, 3.8) is 0 Å². The standard InChI is InChI=1S/C12H30O8Si2/c1-4-5-6-7-8-9-12(10-11(2)3)18-19-22(16,17)20-21(13,14)15/h11-17H,4-10H2,1-3H3. The van der Waals surface area contributed by atoms with E-state index in [4.69, 9.17) is 19.3 Å². The predicted molar refractivity (Wildman–Crippen MR) is 82.5 cm³/mol. The number of hydrogen-bond acceptors (Lipinski definition) is 8. The van der Waals surface area contributed by atoms with Crippen LogP contribution in [0.1, 0.15) is 65.7 Å². The van der Waals surface area contributed by atoms with Crippen LogP contribution in [0, 0.1) is 5.92 Å². The van der Waals surface area contributed by atoms with Gasteiger partial charge in [-0.1, -0.05) is 52.9 Å². The Balaban J connectivity index is 4.22. The summed E-state index contributed by atoms with van der Waals surface area (Å²) in [5, 5.41) is 0. The van der Waals surface area contributed by atoms with E-state index in [2.05, 4.69) is 15.6 Å². The summed E-state index contributed by atoms with van der Waals surface area (Å²) in [6, 6.07) is 0. The molecular weight excluding hydrogens is 328 g/mol. The van der Waals surface area contributed by atoms with Gasteiger partial charge in [-0.3, -0.25) is 0 Å². The average molecular weight is 359 g/mol. The van der Waals surface area contributed by atoms with Crippen LogP contribution in [0.15, 0.2) is 0 Å². The highest BCUT2D eigenvalue weighted by Gasteiger charge is 2.50. The zero-order valence-electron chi connectivity index (χ0n) is 13.6. The second-order valence-corrected chi connectivity index (χ2v) is 9.09. The Kier molecular flexibility index (Phi) is 10.9. The van der Waals surface area contributed by atoms with Gasteiger partial charge in [-0.25, -0.2) is 4.89 Å². The lowest BCUT2D eigenvalue weighted by molar-refractivity contribution is -0.297. The number of unbranched alkanes of at least 4 members (excludes halogenated alkanes) is 4. The van der Waals surface area contributed by atoms with Crippen molar-refractivity contribution in [2.45, 2.75) is 71.8 Å². The molecule has 0 saturated carbocycles. The van der Waals surface area contributed by atoms with E-state index in [1.165, 1.54) is 6.42 Å². The highest BCUT2D eigenvalue weighted by Crippen LogP contribution is 2.18. The lowest BCUT2D eigenvalue weighted by Gasteiger charge is -2.23. The van der Waals surface area contributed by atoms with Gasteiger partial charge in [0.1, 0.15) is 0 Å². The molecule has 0 aromatic carbocycles. The molecule has 0 aliphatic heterocycles. The molecule has 0 aromatic rings. The van der Waals surface area contributed by atoms with Crippen LogP contribution in [-0.2, 0) is 13.6 Å². The third-order valence-corrected chi connectivity index (χ3v) is 5.40. The minimum absolute atomic E-state index is 0.320. The molecule has 0 amide bonds. The van der Waals surface area contributed by atoms with Crippen LogP contribution >= 0.6 is 0 Å². The van der Waals surface area contributed by atoms with Crippen LogP contribution in [-0.4, -0.2) is 48.2 Å². The van der Waals surface area contributed by atoms with E-state index in [-0.39, 0.29) is 6.10 Å². The third-order valence-electron chi connectivity index (χ3n) is 2.93. The van der Waals surface area contributed by atoms with Crippen LogP contribution in [0.2, 0.25) is 0 Å². The molecule has 1 unspecified atom stereocenters. The summed E-state index contributed by atoms with van der Waals surface area (Å²) in [5.41, 5.74) is 0. The maximum absolute atomic E-state index is 9.35. The second-order valence-electron chi connectivity index (χ2n) is 5.86. The maximum atomic E-state index is 9.35. The Morgan fingerprint density at radius 1 is 0.909 bits per heavy atom. The minimum Gasteiger partial charge on any atom is -0.368 e. The van der Waals surface area contributed by atoms with Crippen molar-refractivity contribution >= 4 is 18.1 Å². The third kappa shape index (κ3) is 13.8. The van der Waals surface area contributed by atoms with Crippen LogP contribution in [0.5, 0.6) is 0 Å². The fourth-order valence-corrected chi connectivity index (χ4v) is 3.86. The quantitative estimate of drug-likeness (QED) is 0.140. The molecule has 8 nitrogen and oxygen atoms in total. The molecule has 0 heterocycles. The number of rotatable bonds is 13. The maximum Gasteiger partial charge on any atom is 0.696 e. The van der Waals surface area contributed by atoms with Crippen molar-refractivity contribution < 1.29 is 37.6 Å². The molecule has 0 aromatic heterocycles. The first-order valence-corrected chi connectivity index (χ1v) is 11.2. The molecule has 10 heteroatoms. The van der Waals surface area contributed by atoms with E-state index in [0.29, 0.717) is 18.8 Å². The van der Waals surface area contributed by atoms with Crippen LogP contribution in [0.3, 0.4) is 0 Å². The van der Waals surface area contributed by atoms with Gasteiger partial charge in [0.2, 0.25) is 0 Å². The van der Waals surface area contributed by atoms with E-state index in [1.807, 2.05) is 13.8 Å². The molecule has 0 aliphatic rings. The molecule has 134 valence electrons. The first kappa shape index (κ1) is 22.1. The molecule has 0 rings (SSSR count). The van der Waals surface area contributed by atoms with E-state index in [0.717, 1.165) is 25.7 Å². The summed E-state index contributed by atoms with van der Waals surface area (Å²) in [6.45, 7) is 6.14. The van der Waals surface area contributed by atoms with Gasteiger partial charge in [0.05, 0.1) is 6.10 Å².